The summed E-state index contributed by atoms with van der Waals surface area (Å²) in [5.74, 6) is 1.48. The van der Waals surface area contributed by atoms with Gasteiger partial charge in [-0.05, 0) is 63.6 Å². The van der Waals surface area contributed by atoms with Crippen LogP contribution >= 0.6 is 38.5 Å². The van der Waals surface area contributed by atoms with Crippen molar-refractivity contribution in [3.63, 3.8) is 0 Å². The molecule has 0 saturated heterocycles. The third kappa shape index (κ3) is 2.00. The zero-order valence-corrected chi connectivity index (χ0v) is 11.2. The van der Waals surface area contributed by atoms with Gasteiger partial charge in [-0.25, -0.2) is 4.98 Å². The SMILES string of the molecule is Cc1cnc(-c2cc(I)ccc2Br)o1. The lowest BCUT2D eigenvalue weighted by atomic mass is 10.2. The number of hydrogen-bond donors (Lipinski definition) is 0. The van der Waals surface area contributed by atoms with Crippen molar-refractivity contribution in [2.75, 3.05) is 0 Å². The van der Waals surface area contributed by atoms with Gasteiger partial charge in [0.15, 0.2) is 0 Å². The van der Waals surface area contributed by atoms with Gasteiger partial charge in [-0.3, -0.25) is 0 Å². The molecule has 2 aromatic rings. The number of aryl methyl sites for hydroxylation is 1. The fraction of sp³-hybridized carbons (Fsp3) is 0.100. The van der Waals surface area contributed by atoms with Crippen LogP contribution < -0.4 is 0 Å². The molecule has 0 fully saturated rings. The van der Waals surface area contributed by atoms with Gasteiger partial charge >= 0.3 is 0 Å². The van der Waals surface area contributed by atoms with Gasteiger partial charge in [-0.2, -0.15) is 0 Å². The number of benzene rings is 1. The van der Waals surface area contributed by atoms with Gasteiger partial charge in [0.05, 0.1) is 11.8 Å². The quantitative estimate of drug-likeness (QED) is 0.715. The molecule has 0 amide bonds. The fourth-order valence-corrected chi connectivity index (χ4v) is 2.05. The highest BCUT2D eigenvalue weighted by atomic mass is 127. The molecule has 1 aromatic heterocycles. The third-order valence-electron chi connectivity index (χ3n) is 1.78. The minimum atomic E-state index is 0.660. The molecule has 0 aliphatic carbocycles. The van der Waals surface area contributed by atoms with E-state index in [4.69, 9.17) is 4.42 Å². The summed E-state index contributed by atoms with van der Waals surface area (Å²) in [5, 5.41) is 0. The zero-order chi connectivity index (χ0) is 10.1. The molecule has 2 nitrogen and oxygen atoms in total. The van der Waals surface area contributed by atoms with Crippen LogP contribution in [0.3, 0.4) is 0 Å². The van der Waals surface area contributed by atoms with Crippen LogP contribution in [0.5, 0.6) is 0 Å². The Balaban J connectivity index is 2.55. The highest BCUT2D eigenvalue weighted by Gasteiger charge is 2.08. The Hall–Kier alpha value is -0.360. The highest BCUT2D eigenvalue weighted by Crippen LogP contribution is 2.29. The Kier molecular flexibility index (Phi) is 2.92. The molecule has 14 heavy (non-hydrogen) atoms. The van der Waals surface area contributed by atoms with E-state index in [-0.39, 0.29) is 0 Å². The maximum absolute atomic E-state index is 5.46. The molecule has 72 valence electrons. The lowest BCUT2D eigenvalue weighted by molar-refractivity contribution is 0.542. The van der Waals surface area contributed by atoms with E-state index in [9.17, 15) is 0 Å². The molecular formula is C10H7BrINO. The number of rotatable bonds is 1. The number of hydrogen-bond acceptors (Lipinski definition) is 2. The van der Waals surface area contributed by atoms with Crippen LogP contribution in [0.15, 0.2) is 33.3 Å². The number of halogens is 2. The van der Waals surface area contributed by atoms with Crippen molar-refractivity contribution in [3.05, 3.63) is 38.2 Å². The van der Waals surface area contributed by atoms with Gasteiger partial charge in [0, 0.05) is 8.04 Å². The molecule has 0 spiro atoms. The molecule has 0 aliphatic rings. The first-order valence-corrected chi connectivity index (χ1v) is 5.92. The largest absolute Gasteiger partial charge is 0.441 e. The minimum Gasteiger partial charge on any atom is -0.441 e. The topological polar surface area (TPSA) is 26.0 Å². The Morgan fingerprint density at radius 1 is 1.43 bits per heavy atom. The normalized spacial score (nSPS) is 10.5. The molecule has 0 atom stereocenters. The first-order valence-electron chi connectivity index (χ1n) is 4.04. The summed E-state index contributed by atoms with van der Waals surface area (Å²) >= 11 is 5.74. The molecule has 1 aromatic carbocycles. The van der Waals surface area contributed by atoms with E-state index < -0.39 is 0 Å². The molecule has 0 bridgehead atoms. The summed E-state index contributed by atoms with van der Waals surface area (Å²) in [6.45, 7) is 1.89. The summed E-state index contributed by atoms with van der Waals surface area (Å²) in [6.07, 6.45) is 1.72. The van der Waals surface area contributed by atoms with Gasteiger partial charge in [0.2, 0.25) is 5.89 Å². The second-order valence-corrected chi connectivity index (χ2v) is 5.00. The van der Waals surface area contributed by atoms with Gasteiger partial charge in [0.1, 0.15) is 5.76 Å². The van der Waals surface area contributed by atoms with Crippen LogP contribution in [0.25, 0.3) is 11.5 Å². The lowest BCUT2D eigenvalue weighted by Crippen LogP contribution is -1.80. The van der Waals surface area contributed by atoms with E-state index in [1.807, 2.05) is 25.1 Å². The third-order valence-corrected chi connectivity index (χ3v) is 3.14. The number of nitrogens with zero attached hydrogens (tertiary/aromatic N) is 1. The van der Waals surface area contributed by atoms with E-state index in [1.54, 1.807) is 6.20 Å². The average molecular weight is 364 g/mol. The van der Waals surface area contributed by atoms with E-state index >= 15 is 0 Å². The fourth-order valence-electron chi connectivity index (χ4n) is 1.14. The first-order chi connectivity index (χ1) is 6.66. The van der Waals surface area contributed by atoms with E-state index in [0.29, 0.717) is 5.89 Å². The van der Waals surface area contributed by atoms with Crippen molar-refractivity contribution in [2.45, 2.75) is 6.92 Å². The summed E-state index contributed by atoms with van der Waals surface area (Å²) in [7, 11) is 0. The van der Waals surface area contributed by atoms with Gasteiger partial charge < -0.3 is 4.42 Å². The predicted molar refractivity (Wildman–Crippen MR) is 67.1 cm³/mol. The number of aromatic nitrogens is 1. The van der Waals surface area contributed by atoms with Crippen molar-refractivity contribution in [1.82, 2.24) is 4.98 Å². The average Bonchev–Trinajstić information content (AvgIpc) is 2.56. The van der Waals surface area contributed by atoms with E-state index in [2.05, 4.69) is 43.5 Å². The van der Waals surface area contributed by atoms with Crippen LogP contribution in [0.4, 0.5) is 0 Å². The zero-order valence-electron chi connectivity index (χ0n) is 7.42. The lowest BCUT2D eigenvalue weighted by Gasteiger charge is -1.99. The van der Waals surface area contributed by atoms with Gasteiger partial charge in [0.25, 0.3) is 0 Å². The summed E-state index contributed by atoms with van der Waals surface area (Å²) < 4.78 is 7.62. The van der Waals surface area contributed by atoms with Crippen molar-refractivity contribution in [2.24, 2.45) is 0 Å². The Morgan fingerprint density at radius 2 is 2.21 bits per heavy atom. The standard InChI is InChI=1S/C10H7BrINO/c1-6-5-13-10(14-6)8-4-7(12)2-3-9(8)11/h2-5H,1H3. The van der Waals surface area contributed by atoms with Crippen molar-refractivity contribution < 1.29 is 4.42 Å². The second-order valence-electron chi connectivity index (χ2n) is 2.90. The molecule has 4 heteroatoms. The molecule has 1 heterocycles. The van der Waals surface area contributed by atoms with Crippen molar-refractivity contribution in [1.29, 1.82) is 0 Å². The van der Waals surface area contributed by atoms with Crippen molar-refractivity contribution in [3.8, 4) is 11.5 Å². The van der Waals surface area contributed by atoms with E-state index in [0.717, 1.165) is 19.4 Å². The Bertz CT molecular complexity index is 467. The monoisotopic (exact) mass is 363 g/mol. The second kappa shape index (κ2) is 4.02. The molecule has 0 radical (unpaired) electrons. The van der Waals surface area contributed by atoms with Crippen LogP contribution in [-0.4, -0.2) is 4.98 Å². The van der Waals surface area contributed by atoms with Crippen LogP contribution in [0.2, 0.25) is 0 Å². The van der Waals surface area contributed by atoms with Crippen LogP contribution in [-0.2, 0) is 0 Å². The molecule has 0 N–H and O–H groups in total. The van der Waals surface area contributed by atoms with Crippen LogP contribution in [0.1, 0.15) is 5.76 Å². The minimum absolute atomic E-state index is 0.660. The molecule has 0 unspecified atom stereocenters. The maximum atomic E-state index is 5.46. The molecule has 0 aliphatic heterocycles. The van der Waals surface area contributed by atoms with Crippen molar-refractivity contribution >= 4 is 38.5 Å². The summed E-state index contributed by atoms with van der Waals surface area (Å²) in [6, 6.07) is 6.07. The molecule has 2 rings (SSSR count). The summed E-state index contributed by atoms with van der Waals surface area (Å²) in [4.78, 5) is 4.19. The maximum Gasteiger partial charge on any atom is 0.227 e. The Morgan fingerprint density at radius 3 is 2.86 bits per heavy atom. The smallest absolute Gasteiger partial charge is 0.227 e. The van der Waals surface area contributed by atoms with Gasteiger partial charge in [-0.15, -0.1) is 0 Å². The highest BCUT2D eigenvalue weighted by molar-refractivity contribution is 14.1. The molecule has 0 saturated carbocycles. The molecular weight excluding hydrogens is 357 g/mol. The van der Waals surface area contributed by atoms with Gasteiger partial charge in [-0.1, -0.05) is 0 Å². The van der Waals surface area contributed by atoms with Crippen LogP contribution in [0, 0.1) is 10.5 Å². The Labute approximate surface area is 104 Å². The summed E-state index contributed by atoms with van der Waals surface area (Å²) in [5.41, 5.74) is 0.991. The predicted octanol–water partition coefficient (Wildman–Crippen LogP) is 4.02. The first kappa shape index (κ1) is 10.2. The van der Waals surface area contributed by atoms with E-state index in [1.165, 1.54) is 0 Å². The number of oxazole rings is 1.